The predicted molar refractivity (Wildman–Crippen MR) is 58.1 cm³/mol. The Labute approximate surface area is 93.9 Å². The van der Waals surface area contributed by atoms with Crippen LogP contribution in [-0.2, 0) is 10.2 Å². The van der Waals surface area contributed by atoms with E-state index < -0.39 is 23.0 Å². The number of hydrogen-bond donors (Lipinski definition) is 1. The van der Waals surface area contributed by atoms with Gasteiger partial charge in [0.25, 0.3) is 0 Å². The number of phenols is 1. The van der Waals surface area contributed by atoms with Gasteiger partial charge in [0.15, 0.2) is 0 Å². The number of carbonyl (C=O) groups is 1. The molecule has 0 saturated heterocycles. The molecule has 1 aromatic carbocycles. The second-order valence-electron chi connectivity index (χ2n) is 4.59. The fourth-order valence-electron chi connectivity index (χ4n) is 1.41. The summed E-state index contributed by atoms with van der Waals surface area (Å²) in [6, 6.07) is 2.27. The molecule has 0 atom stereocenters. The third kappa shape index (κ3) is 2.32. The van der Waals surface area contributed by atoms with Gasteiger partial charge in [0.1, 0.15) is 17.1 Å². The minimum Gasteiger partial charge on any atom is -0.507 e. The summed E-state index contributed by atoms with van der Waals surface area (Å²) in [5, 5.41) is 9.44. The Balaban J connectivity index is 3.39. The molecule has 0 aromatic heterocycles. The molecule has 3 nitrogen and oxygen atoms in total. The van der Waals surface area contributed by atoms with Crippen LogP contribution in [0.4, 0.5) is 4.39 Å². The van der Waals surface area contributed by atoms with Gasteiger partial charge in [-0.2, -0.15) is 0 Å². The van der Waals surface area contributed by atoms with Crippen LogP contribution in [0.3, 0.4) is 0 Å². The molecule has 0 aliphatic rings. The summed E-state index contributed by atoms with van der Waals surface area (Å²) < 4.78 is 18.1. The Morgan fingerprint density at radius 3 is 2.38 bits per heavy atom. The quantitative estimate of drug-likeness (QED) is 0.749. The summed E-state index contributed by atoms with van der Waals surface area (Å²) in [4.78, 5) is 11.3. The normalized spacial score (nSPS) is 11.3. The highest BCUT2D eigenvalue weighted by Gasteiger charge is 2.23. The molecule has 0 radical (unpaired) electrons. The number of methoxy groups -OCH3 is 1. The zero-order valence-corrected chi connectivity index (χ0v) is 9.80. The van der Waals surface area contributed by atoms with E-state index in [1.54, 1.807) is 0 Å². The van der Waals surface area contributed by atoms with Gasteiger partial charge < -0.3 is 9.84 Å². The van der Waals surface area contributed by atoms with Gasteiger partial charge in [-0.25, -0.2) is 9.18 Å². The number of ether oxygens (including phenoxy) is 1. The Hall–Kier alpha value is -1.58. The van der Waals surface area contributed by atoms with Crippen molar-refractivity contribution >= 4 is 5.97 Å². The fourth-order valence-corrected chi connectivity index (χ4v) is 1.41. The van der Waals surface area contributed by atoms with Crippen molar-refractivity contribution in [1.29, 1.82) is 0 Å². The van der Waals surface area contributed by atoms with Crippen molar-refractivity contribution in [2.24, 2.45) is 0 Å². The maximum absolute atomic E-state index is 13.6. The van der Waals surface area contributed by atoms with Crippen LogP contribution in [0.5, 0.6) is 5.75 Å². The highest BCUT2D eigenvalue weighted by molar-refractivity contribution is 5.92. The van der Waals surface area contributed by atoms with Gasteiger partial charge in [-0.05, 0) is 17.0 Å². The van der Waals surface area contributed by atoms with Gasteiger partial charge in [0.05, 0.1) is 7.11 Å². The van der Waals surface area contributed by atoms with E-state index in [4.69, 9.17) is 0 Å². The molecule has 0 aliphatic carbocycles. The number of rotatable bonds is 1. The summed E-state index contributed by atoms with van der Waals surface area (Å²) in [5.41, 5.74) is -0.0971. The third-order valence-electron chi connectivity index (χ3n) is 2.30. The van der Waals surface area contributed by atoms with Crippen LogP contribution in [0.2, 0.25) is 0 Å². The first-order valence-electron chi connectivity index (χ1n) is 4.88. The average Bonchev–Trinajstić information content (AvgIpc) is 2.14. The molecule has 1 N–H and O–H groups in total. The number of hydrogen-bond acceptors (Lipinski definition) is 3. The Kier molecular flexibility index (Phi) is 3.21. The molecule has 0 spiro atoms. The van der Waals surface area contributed by atoms with Crippen molar-refractivity contribution in [2.75, 3.05) is 7.11 Å². The van der Waals surface area contributed by atoms with Crippen LogP contribution in [0.15, 0.2) is 12.1 Å². The van der Waals surface area contributed by atoms with Gasteiger partial charge in [0.2, 0.25) is 0 Å². The van der Waals surface area contributed by atoms with Crippen LogP contribution < -0.4 is 0 Å². The van der Waals surface area contributed by atoms with E-state index in [1.165, 1.54) is 13.2 Å². The van der Waals surface area contributed by atoms with Gasteiger partial charge in [-0.1, -0.05) is 20.8 Å². The minimum atomic E-state index is -0.678. The molecule has 0 amide bonds. The molecule has 88 valence electrons. The summed E-state index contributed by atoms with van der Waals surface area (Å²) >= 11 is 0. The van der Waals surface area contributed by atoms with E-state index in [0.29, 0.717) is 5.56 Å². The molecule has 0 saturated carbocycles. The summed E-state index contributed by atoms with van der Waals surface area (Å²) in [5.74, 6) is -1.61. The van der Waals surface area contributed by atoms with E-state index in [9.17, 15) is 14.3 Å². The SMILES string of the molecule is COC(=O)c1cc(C(C)(C)C)c(F)cc1O. The first-order chi connectivity index (χ1) is 7.27. The van der Waals surface area contributed by atoms with Crippen molar-refractivity contribution in [3.63, 3.8) is 0 Å². The largest absolute Gasteiger partial charge is 0.507 e. The number of halogens is 1. The Morgan fingerprint density at radius 2 is 1.94 bits per heavy atom. The smallest absolute Gasteiger partial charge is 0.341 e. The third-order valence-corrected chi connectivity index (χ3v) is 2.30. The molecular weight excluding hydrogens is 211 g/mol. The molecular formula is C12H15FO3. The average molecular weight is 226 g/mol. The monoisotopic (exact) mass is 226 g/mol. The molecule has 16 heavy (non-hydrogen) atoms. The maximum Gasteiger partial charge on any atom is 0.341 e. The number of aromatic hydroxyl groups is 1. The van der Waals surface area contributed by atoms with E-state index >= 15 is 0 Å². The molecule has 1 aromatic rings. The lowest BCUT2D eigenvalue weighted by Gasteiger charge is -2.20. The first-order valence-corrected chi connectivity index (χ1v) is 4.88. The van der Waals surface area contributed by atoms with E-state index in [-0.39, 0.29) is 5.56 Å². The van der Waals surface area contributed by atoms with Crippen LogP contribution in [-0.4, -0.2) is 18.2 Å². The number of phenolic OH excluding ortho intramolecular Hbond substituents is 1. The summed E-state index contributed by atoms with van der Waals surface area (Å²) in [6.07, 6.45) is 0. The zero-order chi connectivity index (χ0) is 12.5. The number of benzene rings is 1. The minimum absolute atomic E-state index is 0.0196. The van der Waals surface area contributed by atoms with Crippen LogP contribution in [0.25, 0.3) is 0 Å². The van der Waals surface area contributed by atoms with Crippen LogP contribution >= 0.6 is 0 Å². The molecule has 1 rings (SSSR count). The number of carbonyl (C=O) groups excluding carboxylic acids is 1. The van der Waals surface area contributed by atoms with E-state index in [2.05, 4.69) is 4.74 Å². The van der Waals surface area contributed by atoms with E-state index in [0.717, 1.165) is 6.07 Å². The molecule has 0 bridgehead atoms. The lowest BCUT2D eigenvalue weighted by Crippen LogP contribution is -2.15. The Morgan fingerprint density at radius 1 is 1.38 bits per heavy atom. The lowest BCUT2D eigenvalue weighted by atomic mass is 9.85. The Bertz CT molecular complexity index is 419. The van der Waals surface area contributed by atoms with Crippen molar-refractivity contribution in [1.82, 2.24) is 0 Å². The molecule has 0 aliphatic heterocycles. The van der Waals surface area contributed by atoms with Gasteiger partial charge in [-0.3, -0.25) is 0 Å². The van der Waals surface area contributed by atoms with Crippen molar-refractivity contribution in [3.8, 4) is 5.75 Å². The lowest BCUT2D eigenvalue weighted by molar-refractivity contribution is 0.0597. The highest BCUT2D eigenvalue weighted by Crippen LogP contribution is 2.30. The standard InChI is InChI=1S/C12H15FO3/c1-12(2,3)8-5-7(11(15)16-4)10(14)6-9(8)13/h5-6,14H,1-4H3. The molecule has 0 unspecified atom stereocenters. The molecule has 0 heterocycles. The number of esters is 1. The highest BCUT2D eigenvalue weighted by atomic mass is 19.1. The maximum atomic E-state index is 13.6. The second kappa shape index (κ2) is 4.12. The second-order valence-corrected chi connectivity index (χ2v) is 4.59. The summed E-state index contributed by atoms with van der Waals surface area (Å²) in [6.45, 7) is 5.47. The van der Waals surface area contributed by atoms with Crippen LogP contribution in [0, 0.1) is 5.82 Å². The van der Waals surface area contributed by atoms with Crippen LogP contribution in [0.1, 0.15) is 36.7 Å². The van der Waals surface area contributed by atoms with Crippen molar-refractivity contribution in [3.05, 3.63) is 29.1 Å². The first kappa shape index (κ1) is 12.5. The van der Waals surface area contributed by atoms with Crippen molar-refractivity contribution < 1.29 is 19.0 Å². The fraction of sp³-hybridized carbons (Fsp3) is 0.417. The van der Waals surface area contributed by atoms with Crippen molar-refractivity contribution in [2.45, 2.75) is 26.2 Å². The van der Waals surface area contributed by atoms with Gasteiger partial charge in [-0.15, -0.1) is 0 Å². The zero-order valence-electron chi connectivity index (χ0n) is 9.80. The predicted octanol–water partition coefficient (Wildman–Crippen LogP) is 2.62. The molecule has 0 fully saturated rings. The summed E-state index contributed by atoms with van der Waals surface area (Å²) in [7, 11) is 1.21. The molecule has 4 heteroatoms. The van der Waals surface area contributed by atoms with Gasteiger partial charge in [0, 0.05) is 6.07 Å². The van der Waals surface area contributed by atoms with Gasteiger partial charge >= 0.3 is 5.97 Å². The topological polar surface area (TPSA) is 46.5 Å². The van der Waals surface area contributed by atoms with E-state index in [1.807, 2.05) is 20.8 Å².